The summed E-state index contributed by atoms with van der Waals surface area (Å²) in [5.41, 5.74) is 1.41. The van der Waals surface area contributed by atoms with Gasteiger partial charge < -0.3 is 5.32 Å². The molecule has 122 valence electrons. The summed E-state index contributed by atoms with van der Waals surface area (Å²) in [6.07, 6.45) is 0.853. The number of nitrogens with zero attached hydrogens (tertiary/aromatic N) is 1. The fourth-order valence-corrected chi connectivity index (χ4v) is 3.91. The van der Waals surface area contributed by atoms with Gasteiger partial charge in [0.1, 0.15) is 5.82 Å². The summed E-state index contributed by atoms with van der Waals surface area (Å²) in [7, 11) is 0. The molecule has 1 aliphatic rings. The van der Waals surface area contributed by atoms with Crippen molar-refractivity contribution in [1.29, 1.82) is 0 Å². The minimum absolute atomic E-state index is 0.0937. The summed E-state index contributed by atoms with van der Waals surface area (Å²) in [5.74, 6) is 0.796. The molecule has 2 heterocycles. The van der Waals surface area contributed by atoms with Crippen LogP contribution < -0.4 is 10.9 Å². The highest BCUT2D eigenvalue weighted by Crippen LogP contribution is 2.40. The van der Waals surface area contributed by atoms with Crippen molar-refractivity contribution in [1.82, 2.24) is 9.78 Å². The van der Waals surface area contributed by atoms with E-state index in [9.17, 15) is 9.59 Å². The lowest BCUT2D eigenvalue weighted by Gasteiger charge is -2.16. The Labute approximate surface area is 143 Å². The number of rotatable bonds is 3. The topological polar surface area (TPSA) is 66.9 Å². The zero-order chi connectivity index (χ0) is 16.6. The molecule has 1 aliphatic heterocycles. The summed E-state index contributed by atoms with van der Waals surface area (Å²) >= 11 is 7.41. The van der Waals surface area contributed by atoms with Gasteiger partial charge in [-0.2, -0.15) is 0 Å². The molecule has 2 atom stereocenters. The van der Waals surface area contributed by atoms with Gasteiger partial charge in [0.25, 0.3) is 5.56 Å². The van der Waals surface area contributed by atoms with Crippen LogP contribution in [0.2, 0.25) is 5.02 Å². The maximum absolute atomic E-state index is 12.5. The van der Waals surface area contributed by atoms with Gasteiger partial charge in [0, 0.05) is 11.1 Å². The number of thioether (sulfide) groups is 1. The number of aromatic amines is 1. The Hall–Kier alpha value is -1.66. The number of carbonyl (C=O) groups excluding carboxylic acids is 1. The van der Waals surface area contributed by atoms with E-state index in [2.05, 4.69) is 10.4 Å². The van der Waals surface area contributed by atoms with Crippen LogP contribution in [0.15, 0.2) is 29.1 Å². The fourth-order valence-electron chi connectivity index (χ4n) is 2.66. The maximum Gasteiger partial charge on any atom is 0.270 e. The predicted molar refractivity (Wildman–Crippen MR) is 94.4 cm³/mol. The molecule has 0 unspecified atom stereocenters. The number of carbonyl (C=O) groups is 1. The molecule has 0 spiro atoms. The molecular weight excluding hydrogens is 334 g/mol. The highest BCUT2D eigenvalue weighted by Gasteiger charge is 2.31. The van der Waals surface area contributed by atoms with Gasteiger partial charge in [-0.3, -0.25) is 19.4 Å². The molecule has 0 saturated heterocycles. The van der Waals surface area contributed by atoms with Crippen molar-refractivity contribution in [2.24, 2.45) is 0 Å². The van der Waals surface area contributed by atoms with E-state index in [1.807, 2.05) is 26.0 Å². The Morgan fingerprint density at radius 2 is 2.04 bits per heavy atom. The molecule has 0 bridgehead atoms. The lowest BCUT2D eigenvalue weighted by atomic mass is 10.1. The number of aromatic nitrogens is 2. The largest absolute Gasteiger partial charge is 0.310 e. The highest BCUT2D eigenvalue weighted by atomic mass is 35.5. The third-order valence-electron chi connectivity index (χ3n) is 4.07. The van der Waals surface area contributed by atoms with Gasteiger partial charge in [-0.25, -0.2) is 0 Å². The average molecular weight is 352 g/mol. The third kappa shape index (κ3) is 3.05. The minimum atomic E-state index is -0.199. The minimum Gasteiger partial charge on any atom is -0.310 e. The van der Waals surface area contributed by atoms with Crippen molar-refractivity contribution in [3.8, 4) is 0 Å². The Kier molecular flexibility index (Phi) is 4.55. The van der Waals surface area contributed by atoms with Crippen LogP contribution in [0.4, 0.5) is 5.82 Å². The van der Waals surface area contributed by atoms with Crippen LogP contribution in [0.1, 0.15) is 42.7 Å². The first kappa shape index (κ1) is 16.2. The number of anilines is 1. The Bertz CT molecular complexity index is 782. The second-order valence-electron chi connectivity index (χ2n) is 5.62. The Morgan fingerprint density at radius 1 is 1.35 bits per heavy atom. The summed E-state index contributed by atoms with van der Waals surface area (Å²) < 4.78 is 1.77. The second kappa shape index (κ2) is 6.45. The van der Waals surface area contributed by atoms with E-state index in [1.54, 1.807) is 16.8 Å². The fraction of sp³-hybridized carbons (Fsp3) is 0.375. The molecule has 0 fully saturated rings. The third-order valence-corrected chi connectivity index (χ3v) is 5.59. The number of benzene rings is 1. The monoisotopic (exact) mass is 351 g/mol. The Balaban J connectivity index is 2.15. The van der Waals surface area contributed by atoms with Crippen molar-refractivity contribution in [3.63, 3.8) is 0 Å². The van der Waals surface area contributed by atoms with Crippen LogP contribution in [0.3, 0.4) is 0 Å². The normalized spacial score (nSPS) is 18.9. The first-order chi connectivity index (χ1) is 11.0. The summed E-state index contributed by atoms with van der Waals surface area (Å²) in [6, 6.07) is 7.51. The molecule has 7 heteroatoms. The van der Waals surface area contributed by atoms with Crippen LogP contribution >= 0.6 is 23.4 Å². The van der Waals surface area contributed by atoms with E-state index in [0.29, 0.717) is 22.2 Å². The van der Waals surface area contributed by atoms with E-state index in [-0.39, 0.29) is 22.8 Å². The lowest BCUT2D eigenvalue weighted by molar-refractivity contribution is -0.113. The van der Waals surface area contributed by atoms with Crippen LogP contribution in [-0.4, -0.2) is 21.4 Å². The number of amides is 1. The van der Waals surface area contributed by atoms with Gasteiger partial charge in [-0.05, 0) is 31.0 Å². The molecule has 1 aromatic heterocycles. The molecule has 0 saturated carbocycles. The van der Waals surface area contributed by atoms with Crippen LogP contribution in [-0.2, 0) is 4.79 Å². The SMILES string of the molecule is CC[C@@H](C)n1[nH]c(=O)c2c1NC(=O)CS[C@H]2c1ccc(Cl)cc1. The molecule has 23 heavy (non-hydrogen) atoms. The summed E-state index contributed by atoms with van der Waals surface area (Å²) in [4.78, 5) is 24.6. The first-order valence-corrected chi connectivity index (χ1v) is 8.95. The average Bonchev–Trinajstić information content (AvgIpc) is 2.74. The van der Waals surface area contributed by atoms with Crippen molar-refractivity contribution in [2.45, 2.75) is 31.6 Å². The maximum atomic E-state index is 12.5. The van der Waals surface area contributed by atoms with Gasteiger partial charge >= 0.3 is 0 Å². The van der Waals surface area contributed by atoms with Gasteiger partial charge in [0.2, 0.25) is 5.91 Å². The second-order valence-corrected chi connectivity index (χ2v) is 7.15. The van der Waals surface area contributed by atoms with E-state index in [4.69, 9.17) is 11.6 Å². The van der Waals surface area contributed by atoms with Crippen LogP contribution in [0, 0.1) is 0 Å². The van der Waals surface area contributed by atoms with Crippen molar-refractivity contribution < 1.29 is 4.79 Å². The number of halogens is 1. The highest BCUT2D eigenvalue weighted by molar-refractivity contribution is 8.00. The molecule has 3 rings (SSSR count). The van der Waals surface area contributed by atoms with E-state index in [1.165, 1.54) is 11.8 Å². The van der Waals surface area contributed by atoms with Crippen LogP contribution in [0.25, 0.3) is 0 Å². The van der Waals surface area contributed by atoms with Crippen molar-refractivity contribution in [2.75, 3.05) is 11.1 Å². The number of hydrogen-bond donors (Lipinski definition) is 2. The number of hydrogen-bond acceptors (Lipinski definition) is 3. The van der Waals surface area contributed by atoms with Gasteiger partial charge in [-0.15, -0.1) is 11.8 Å². The Morgan fingerprint density at radius 3 is 2.70 bits per heavy atom. The van der Waals surface area contributed by atoms with Crippen LogP contribution in [0.5, 0.6) is 0 Å². The van der Waals surface area contributed by atoms with E-state index in [0.717, 1.165) is 12.0 Å². The van der Waals surface area contributed by atoms with E-state index >= 15 is 0 Å². The quantitative estimate of drug-likeness (QED) is 0.888. The number of nitrogens with one attached hydrogen (secondary N) is 2. The smallest absolute Gasteiger partial charge is 0.270 e. The standard InChI is InChI=1S/C16H18ClN3O2S/c1-3-9(2)20-15-13(16(22)19-20)14(23-8-12(21)18-15)10-4-6-11(17)7-5-10/h4-7,9,14H,3,8H2,1-2H3,(H,18,21)(H,19,22)/t9-,14+/m1/s1. The van der Waals surface area contributed by atoms with Gasteiger partial charge in [-0.1, -0.05) is 30.7 Å². The molecule has 1 amide bonds. The lowest BCUT2D eigenvalue weighted by Crippen LogP contribution is -2.18. The molecule has 0 aliphatic carbocycles. The number of H-pyrrole nitrogens is 1. The molecule has 0 radical (unpaired) electrons. The summed E-state index contributed by atoms with van der Waals surface area (Å²) in [6.45, 7) is 4.05. The molecule has 2 N–H and O–H groups in total. The molecule has 2 aromatic rings. The van der Waals surface area contributed by atoms with Crippen molar-refractivity contribution >= 4 is 35.1 Å². The zero-order valence-electron chi connectivity index (χ0n) is 12.9. The molecule has 5 nitrogen and oxygen atoms in total. The van der Waals surface area contributed by atoms with Crippen molar-refractivity contribution in [3.05, 3.63) is 50.8 Å². The number of fused-ring (bicyclic) bond motifs is 1. The first-order valence-electron chi connectivity index (χ1n) is 7.52. The zero-order valence-corrected chi connectivity index (χ0v) is 14.5. The molecular formula is C16H18ClN3O2S. The van der Waals surface area contributed by atoms with E-state index < -0.39 is 0 Å². The molecule has 1 aromatic carbocycles. The van der Waals surface area contributed by atoms with Gasteiger partial charge in [0.05, 0.1) is 16.6 Å². The summed E-state index contributed by atoms with van der Waals surface area (Å²) in [5, 5.41) is 6.20. The predicted octanol–water partition coefficient (Wildman–Crippen LogP) is 3.58. The van der Waals surface area contributed by atoms with Gasteiger partial charge in [0.15, 0.2) is 0 Å².